The van der Waals surface area contributed by atoms with E-state index in [-0.39, 0.29) is 0 Å². The van der Waals surface area contributed by atoms with Gasteiger partial charge in [-0.3, -0.25) is 4.68 Å². The standard InChI is InChI=1S/C26H39N3O2/c1-25-11-7-22-21-8-12-26(30,17-31-2)15-18(21)3-5-23(22)24(25)6-4-19(25)9-13-29-14-10-20(16-27)28-29/h10,14,18-19,21-24,30H,3-9,11-13,15,17H2,1-2H3/p+1/t18-,19-,21+,22-,23-,24+,25-,26-/m1/s1. The maximum Gasteiger partial charge on any atom is 0.330 e. The van der Waals surface area contributed by atoms with Crippen molar-refractivity contribution in [3.8, 4) is 6.07 Å². The minimum atomic E-state index is -0.577. The van der Waals surface area contributed by atoms with Crippen LogP contribution < -0.4 is 5.26 Å². The summed E-state index contributed by atoms with van der Waals surface area (Å²) in [5, 5.41) is 22.7. The van der Waals surface area contributed by atoms with Gasteiger partial charge in [-0.15, -0.1) is 0 Å². The van der Waals surface area contributed by atoms with Gasteiger partial charge in [0.05, 0.1) is 12.2 Å². The second-order valence-corrected chi connectivity index (χ2v) is 11.5. The van der Waals surface area contributed by atoms with Crippen molar-refractivity contribution >= 4 is 0 Å². The molecule has 0 amide bonds. The molecule has 4 aliphatic carbocycles. The van der Waals surface area contributed by atoms with Gasteiger partial charge in [0, 0.05) is 19.9 Å². The van der Waals surface area contributed by atoms with Gasteiger partial charge in [-0.2, -0.15) is 5.10 Å². The number of nitrogens with one attached hydrogen (secondary N) is 1. The van der Waals surface area contributed by atoms with Gasteiger partial charge in [0.1, 0.15) is 0 Å². The fourth-order valence-electron chi connectivity index (χ4n) is 8.79. The second kappa shape index (κ2) is 8.19. The Morgan fingerprint density at radius 1 is 1.16 bits per heavy atom. The van der Waals surface area contributed by atoms with E-state index in [4.69, 9.17) is 10.00 Å². The topological polar surface area (TPSA) is 71.1 Å². The monoisotopic (exact) mass is 426 g/mol. The minimum absolute atomic E-state index is 0.489. The average molecular weight is 427 g/mol. The SMILES string of the molecule is COC[C@@]1(O)CC[C@H]2[C@H](CC[C@@H]3[C@@H]2CC[C@]2(C)[C@@H](CCn4ccc(C#[NH+])n4)CC[C@@H]32)C1. The first-order valence-corrected chi connectivity index (χ1v) is 12.6. The van der Waals surface area contributed by atoms with Gasteiger partial charge in [-0.25, -0.2) is 0 Å². The molecule has 0 bridgehead atoms. The number of methoxy groups -OCH3 is 1. The van der Waals surface area contributed by atoms with Crippen LogP contribution in [0.5, 0.6) is 0 Å². The largest absolute Gasteiger partial charge is 0.387 e. The molecule has 0 unspecified atom stereocenters. The van der Waals surface area contributed by atoms with Crippen LogP contribution in [0.25, 0.3) is 0 Å². The highest BCUT2D eigenvalue weighted by Crippen LogP contribution is 2.65. The number of ether oxygens (including phenoxy) is 1. The van der Waals surface area contributed by atoms with Crippen LogP contribution in [-0.4, -0.2) is 34.2 Å². The van der Waals surface area contributed by atoms with Crippen LogP contribution in [0.1, 0.15) is 76.8 Å². The third-order valence-electron chi connectivity index (χ3n) is 10.2. The van der Waals surface area contributed by atoms with Crippen molar-refractivity contribution in [3.63, 3.8) is 0 Å². The summed E-state index contributed by atoms with van der Waals surface area (Å²) in [6.45, 7) is 4.07. The Kier molecular flexibility index (Phi) is 5.67. The van der Waals surface area contributed by atoms with Crippen LogP contribution in [0.4, 0.5) is 0 Å². The molecule has 31 heavy (non-hydrogen) atoms. The molecule has 1 heterocycles. The molecule has 0 aromatic carbocycles. The zero-order valence-corrected chi connectivity index (χ0v) is 19.4. The van der Waals surface area contributed by atoms with Crippen LogP contribution in [0.15, 0.2) is 12.3 Å². The molecule has 5 rings (SSSR count). The zero-order chi connectivity index (χ0) is 21.6. The maximum absolute atomic E-state index is 11.0. The van der Waals surface area contributed by atoms with Gasteiger partial charge in [-0.05, 0) is 111 Å². The molecular weight excluding hydrogens is 386 g/mol. The van der Waals surface area contributed by atoms with Crippen LogP contribution >= 0.6 is 0 Å². The van der Waals surface area contributed by atoms with E-state index in [1.165, 1.54) is 51.4 Å². The molecule has 1 aromatic rings. The summed E-state index contributed by atoms with van der Waals surface area (Å²) in [5.74, 6) is 5.02. The molecule has 0 saturated heterocycles. The lowest BCUT2D eigenvalue weighted by atomic mass is 9.49. The molecular formula is C26H40N3O2+. The van der Waals surface area contributed by atoms with E-state index in [0.717, 1.165) is 49.0 Å². The van der Waals surface area contributed by atoms with E-state index in [1.54, 1.807) is 7.11 Å². The molecule has 5 heteroatoms. The van der Waals surface area contributed by atoms with Crippen molar-refractivity contribution in [2.75, 3.05) is 13.7 Å². The molecule has 8 atom stereocenters. The predicted octanol–water partition coefficient (Wildman–Crippen LogP) is 3.04. The Bertz CT molecular complexity index is 831. The summed E-state index contributed by atoms with van der Waals surface area (Å²) in [5.41, 5.74) is 0.549. The number of fused-ring (bicyclic) bond motifs is 5. The zero-order valence-electron chi connectivity index (χ0n) is 19.4. The maximum atomic E-state index is 11.0. The van der Waals surface area contributed by atoms with Crippen LogP contribution in [0.3, 0.4) is 0 Å². The Morgan fingerprint density at radius 3 is 2.77 bits per heavy atom. The summed E-state index contributed by atoms with van der Waals surface area (Å²) >= 11 is 0. The highest BCUT2D eigenvalue weighted by Gasteiger charge is 2.57. The number of hydrogen-bond acceptors (Lipinski definition) is 3. The summed E-state index contributed by atoms with van der Waals surface area (Å²) < 4.78 is 7.35. The molecule has 4 fully saturated rings. The first-order chi connectivity index (χ1) is 15.0. The van der Waals surface area contributed by atoms with E-state index in [2.05, 4.69) is 18.1 Å². The van der Waals surface area contributed by atoms with Crippen molar-refractivity contribution in [1.82, 2.24) is 9.78 Å². The van der Waals surface area contributed by atoms with E-state index in [0.29, 0.717) is 23.6 Å². The first-order valence-electron chi connectivity index (χ1n) is 12.6. The van der Waals surface area contributed by atoms with E-state index < -0.39 is 5.60 Å². The smallest absolute Gasteiger partial charge is 0.330 e. The highest BCUT2D eigenvalue weighted by molar-refractivity contribution is 5.15. The molecule has 0 aliphatic heterocycles. The predicted molar refractivity (Wildman–Crippen MR) is 118 cm³/mol. The molecule has 2 N–H and O–H groups in total. The summed E-state index contributed by atoms with van der Waals surface area (Å²) in [7, 11) is 1.72. The Morgan fingerprint density at radius 2 is 2.00 bits per heavy atom. The number of aliphatic hydroxyl groups is 1. The lowest BCUT2D eigenvalue weighted by molar-refractivity contribution is -0.124. The van der Waals surface area contributed by atoms with E-state index in [9.17, 15) is 5.11 Å². The van der Waals surface area contributed by atoms with Crippen LogP contribution in [0, 0.1) is 47.0 Å². The number of nitrogens with zero attached hydrogens (tertiary/aromatic N) is 2. The lowest BCUT2D eigenvalue weighted by Crippen LogP contribution is -2.51. The normalized spacial score (nSPS) is 44.2. The van der Waals surface area contributed by atoms with Crippen molar-refractivity contribution in [3.05, 3.63) is 18.0 Å². The van der Waals surface area contributed by atoms with Gasteiger partial charge in [-0.1, -0.05) is 12.2 Å². The van der Waals surface area contributed by atoms with Crippen molar-refractivity contribution in [2.24, 2.45) is 40.9 Å². The van der Waals surface area contributed by atoms with Gasteiger partial charge in [0.25, 0.3) is 0 Å². The fourth-order valence-corrected chi connectivity index (χ4v) is 8.79. The van der Waals surface area contributed by atoms with Crippen LogP contribution in [0.2, 0.25) is 0 Å². The average Bonchev–Trinajstić information content (AvgIpc) is 3.35. The lowest BCUT2D eigenvalue weighted by Gasteiger charge is -2.57. The number of rotatable bonds is 5. The summed E-state index contributed by atoms with van der Waals surface area (Å²) in [6, 6.07) is 4.27. The summed E-state index contributed by atoms with van der Waals surface area (Å²) in [4.78, 5) is 0. The highest BCUT2D eigenvalue weighted by atomic mass is 16.5. The molecule has 5 nitrogen and oxygen atoms in total. The Labute approximate surface area is 187 Å². The van der Waals surface area contributed by atoms with Gasteiger partial charge >= 0.3 is 6.07 Å². The van der Waals surface area contributed by atoms with Gasteiger partial charge < -0.3 is 9.84 Å². The molecule has 170 valence electrons. The first kappa shape index (κ1) is 21.5. The molecule has 4 aliphatic rings. The van der Waals surface area contributed by atoms with Gasteiger partial charge in [0.2, 0.25) is 5.69 Å². The third-order valence-corrected chi connectivity index (χ3v) is 10.2. The Balaban J connectivity index is 1.24. The number of aryl methyl sites for hydroxylation is 1. The number of aromatic nitrogens is 2. The van der Waals surface area contributed by atoms with Crippen molar-refractivity contribution < 1.29 is 15.1 Å². The molecule has 0 spiro atoms. The second-order valence-electron chi connectivity index (χ2n) is 11.5. The van der Waals surface area contributed by atoms with Crippen molar-refractivity contribution in [1.29, 1.82) is 0 Å². The fraction of sp³-hybridized carbons (Fsp3) is 0.846. The van der Waals surface area contributed by atoms with E-state index >= 15 is 0 Å². The van der Waals surface area contributed by atoms with E-state index in [1.807, 2.05) is 16.9 Å². The Hall–Kier alpha value is -1.38. The molecule has 1 aromatic heterocycles. The number of hydrogen-bond donors (Lipinski definition) is 2. The van der Waals surface area contributed by atoms with Crippen LogP contribution in [-0.2, 0) is 11.3 Å². The quantitative estimate of drug-likeness (QED) is 0.760. The molecule has 4 saturated carbocycles. The van der Waals surface area contributed by atoms with Gasteiger partial charge in [0.15, 0.2) is 0 Å². The summed E-state index contributed by atoms with van der Waals surface area (Å²) in [6.07, 6.45) is 14.5. The van der Waals surface area contributed by atoms with Crippen molar-refractivity contribution in [2.45, 2.75) is 83.3 Å². The molecule has 0 radical (unpaired) electrons. The third kappa shape index (κ3) is 3.74. The minimum Gasteiger partial charge on any atom is -0.387 e.